The Morgan fingerprint density at radius 3 is 2.81 bits per heavy atom. The van der Waals surface area contributed by atoms with Crippen molar-refractivity contribution in [1.29, 1.82) is 0 Å². The molecule has 5 aromatic rings. The van der Waals surface area contributed by atoms with Gasteiger partial charge in [0.05, 0.1) is 11.1 Å². The number of hydrogen-bond donors (Lipinski definition) is 1. The number of nitrogens with one attached hydrogen (secondary N) is 1. The van der Waals surface area contributed by atoms with Crippen LogP contribution in [0.2, 0.25) is 0 Å². The summed E-state index contributed by atoms with van der Waals surface area (Å²) in [5.41, 5.74) is 1.53. The molecule has 3 heterocycles. The molecule has 1 N–H and O–H groups in total. The van der Waals surface area contributed by atoms with Crippen molar-refractivity contribution in [2.45, 2.75) is 6.61 Å². The van der Waals surface area contributed by atoms with Crippen LogP contribution in [0.1, 0.15) is 15.2 Å². The Labute approximate surface area is 182 Å². The van der Waals surface area contributed by atoms with Gasteiger partial charge in [-0.25, -0.2) is 9.97 Å². The maximum absolute atomic E-state index is 12.6. The molecule has 0 fully saturated rings. The summed E-state index contributed by atoms with van der Waals surface area (Å²) < 4.78 is 11.2. The predicted molar refractivity (Wildman–Crippen MR) is 120 cm³/mol. The first-order valence-corrected chi connectivity index (χ1v) is 10.5. The van der Waals surface area contributed by atoms with E-state index in [1.807, 2.05) is 41.8 Å². The first-order valence-electron chi connectivity index (χ1n) is 9.62. The van der Waals surface area contributed by atoms with Gasteiger partial charge in [-0.05, 0) is 52.6 Å². The standard InChI is InChI=1S/C24H17N3O3S/c28-23(27-24-25-10-9-20(26-24)21-6-3-11-29-21)22-12-16(15-31-22)14-30-19-8-7-17-4-1-2-5-18(17)13-19/h1-13,15H,14H2,(H,25,26,27,28). The van der Waals surface area contributed by atoms with Crippen molar-refractivity contribution in [3.8, 4) is 17.2 Å². The average Bonchev–Trinajstić information content (AvgIpc) is 3.50. The average molecular weight is 427 g/mol. The normalized spacial score (nSPS) is 10.8. The quantitative estimate of drug-likeness (QED) is 0.371. The van der Waals surface area contributed by atoms with Crippen LogP contribution >= 0.6 is 11.3 Å². The number of nitrogens with zero attached hydrogens (tertiary/aromatic N) is 2. The van der Waals surface area contributed by atoms with E-state index in [1.165, 1.54) is 16.7 Å². The van der Waals surface area contributed by atoms with Crippen molar-refractivity contribution in [1.82, 2.24) is 9.97 Å². The van der Waals surface area contributed by atoms with E-state index < -0.39 is 0 Å². The summed E-state index contributed by atoms with van der Waals surface area (Å²) in [4.78, 5) is 21.6. The van der Waals surface area contributed by atoms with Gasteiger partial charge in [-0.2, -0.15) is 0 Å². The number of hydrogen-bond acceptors (Lipinski definition) is 6. The molecule has 0 saturated carbocycles. The molecule has 0 saturated heterocycles. The van der Waals surface area contributed by atoms with E-state index >= 15 is 0 Å². The van der Waals surface area contributed by atoms with Gasteiger partial charge in [-0.3, -0.25) is 10.1 Å². The fraction of sp³-hybridized carbons (Fsp3) is 0.0417. The van der Waals surface area contributed by atoms with E-state index in [9.17, 15) is 4.79 Å². The second-order valence-corrected chi connectivity index (χ2v) is 7.72. The lowest BCUT2D eigenvalue weighted by atomic mass is 10.1. The minimum atomic E-state index is -0.265. The topological polar surface area (TPSA) is 77.3 Å². The molecular formula is C24H17N3O3S. The molecule has 0 aliphatic rings. The second kappa shape index (κ2) is 8.41. The third-order valence-electron chi connectivity index (χ3n) is 4.66. The first kappa shape index (κ1) is 19.0. The number of rotatable bonds is 6. The highest BCUT2D eigenvalue weighted by Crippen LogP contribution is 2.23. The number of anilines is 1. The van der Waals surface area contributed by atoms with Crippen LogP contribution in [0.5, 0.6) is 5.75 Å². The highest BCUT2D eigenvalue weighted by molar-refractivity contribution is 7.12. The Hall–Kier alpha value is -3.97. The fourth-order valence-corrected chi connectivity index (χ4v) is 3.93. The molecule has 2 aromatic carbocycles. The van der Waals surface area contributed by atoms with Crippen molar-refractivity contribution in [2.75, 3.05) is 5.32 Å². The Kier molecular flexibility index (Phi) is 5.16. The molecule has 0 radical (unpaired) electrons. The number of fused-ring (bicyclic) bond motifs is 1. The summed E-state index contributed by atoms with van der Waals surface area (Å²) in [6, 6.07) is 21.3. The summed E-state index contributed by atoms with van der Waals surface area (Å²) in [7, 11) is 0. The zero-order valence-corrected chi connectivity index (χ0v) is 17.1. The number of benzene rings is 2. The van der Waals surface area contributed by atoms with Gasteiger partial charge in [-0.1, -0.05) is 30.3 Å². The van der Waals surface area contributed by atoms with Crippen LogP contribution < -0.4 is 10.1 Å². The Balaban J connectivity index is 1.23. The number of amides is 1. The number of carbonyl (C=O) groups is 1. The summed E-state index contributed by atoms with van der Waals surface area (Å²) in [6.07, 6.45) is 3.15. The Morgan fingerprint density at radius 1 is 1.03 bits per heavy atom. The third-order valence-corrected chi connectivity index (χ3v) is 5.64. The van der Waals surface area contributed by atoms with Crippen molar-refractivity contribution in [3.05, 3.63) is 95.0 Å². The van der Waals surface area contributed by atoms with Crippen LogP contribution in [0.15, 0.2) is 89.0 Å². The van der Waals surface area contributed by atoms with Gasteiger partial charge in [0.2, 0.25) is 5.95 Å². The molecule has 7 heteroatoms. The molecular weight excluding hydrogens is 410 g/mol. The van der Waals surface area contributed by atoms with E-state index in [0.29, 0.717) is 22.9 Å². The largest absolute Gasteiger partial charge is 0.489 e. The van der Waals surface area contributed by atoms with E-state index in [1.54, 1.807) is 30.7 Å². The number of thiophene rings is 1. The number of furan rings is 1. The van der Waals surface area contributed by atoms with Crippen molar-refractivity contribution in [2.24, 2.45) is 0 Å². The highest BCUT2D eigenvalue weighted by atomic mass is 32.1. The van der Waals surface area contributed by atoms with E-state index in [0.717, 1.165) is 16.7 Å². The highest BCUT2D eigenvalue weighted by Gasteiger charge is 2.13. The third kappa shape index (κ3) is 4.31. The predicted octanol–water partition coefficient (Wildman–Crippen LogP) is 5.78. The van der Waals surface area contributed by atoms with Crippen LogP contribution in [0, 0.1) is 0 Å². The van der Waals surface area contributed by atoms with Gasteiger partial charge in [0.25, 0.3) is 5.91 Å². The van der Waals surface area contributed by atoms with E-state index in [2.05, 4.69) is 27.4 Å². The van der Waals surface area contributed by atoms with Gasteiger partial charge in [-0.15, -0.1) is 11.3 Å². The molecule has 0 aliphatic heterocycles. The Bertz CT molecular complexity index is 1350. The second-order valence-electron chi connectivity index (χ2n) is 6.81. The van der Waals surface area contributed by atoms with Gasteiger partial charge in [0, 0.05) is 11.8 Å². The van der Waals surface area contributed by atoms with Crippen LogP contribution in [0.4, 0.5) is 5.95 Å². The number of carbonyl (C=O) groups excluding carboxylic acids is 1. The SMILES string of the molecule is O=C(Nc1nccc(-c2ccco2)n1)c1cc(COc2ccc3ccccc3c2)cs1. The number of aromatic nitrogens is 2. The maximum Gasteiger partial charge on any atom is 0.268 e. The van der Waals surface area contributed by atoms with Crippen molar-refractivity contribution < 1.29 is 13.9 Å². The molecule has 0 unspecified atom stereocenters. The molecule has 3 aromatic heterocycles. The Morgan fingerprint density at radius 2 is 1.94 bits per heavy atom. The van der Waals surface area contributed by atoms with E-state index in [4.69, 9.17) is 9.15 Å². The fourth-order valence-electron chi connectivity index (χ4n) is 3.14. The van der Waals surface area contributed by atoms with E-state index in [-0.39, 0.29) is 11.9 Å². The van der Waals surface area contributed by atoms with Gasteiger partial charge < -0.3 is 9.15 Å². The lowest BCUT2D eigenvalue weighted by Crippen LogP contribution is -2.13. The first-order chi connectivity index (χ1) is 15.2. The zero-order valence-electron chi connectivity index (χ0n) is 16.3. The van der Waals surface area contributed by atoms with Crippen molar-refractivity contribution >= 4 is 34.0 Å². The van der Waals surface area contributed by atoms with Gasteiger partial charge in [0.15, 0.2) is 5.76 Å². The van der Waals surface area contributed by atoms with Crippen LogP contribution in [0.25, 0.3) is 22.2 Å². The molecule has 1 amide bonds. The molecule has 6 nitrogen and oxygen atoms in total. The lowest BCUT2D eigenvalue weighted by Gasteiger charge is -2.06. The smallest absolute Gasteiger partial charge is 0.268 e. The summed E-state index contributed by atoms with van der Waals surface area (Å²) >= 11 is 1.35. The maximum atomic E-state index is 12.6. The van der Waals surface area contributed by atoms with Crippen LogP contribution in [-0.2, 0) is 6.61 Å². The monoisotopic (exact) mass is 427 g/mol. The van der Waals surface area contributed by atoms with Crippen molar-refractivity contribution in [3.63, 3.8) is 0 Å². The number of ether oxygens (including phenoxy) is 1. The molecule has 0 bridgehead atoms. The van der Waals surface area contributed by atoms with Crippen LogP contribution in [-0.4, -0.2) is 15.9 Å². The lowest BCUT2D eigenvalue weighted by molar-refractivity contribution is 0.102. The van der Waals surface area contributed by atoms with Gasteiger partial charge in [0.1, 0.15) is 18.1 Å². The summed E-state index contributed by atoms with van der Waals surface area (Å²) in [6.45, 7) is 0.382. The molecule has 5 rings (SSSR count). The molecule has 152 valence electrons. The summed E-state index contributed by atoms with van der Waals surface area (Å²) in [5, 5.41) is 6.94. The summed E-state index contributed by atoms with van der Waals surface area (Å²) in [5.74, 6) is 1.36. The molecule has 0 spiro atoms. The van der Waals surface area contributed by atoms with Crippen LogP contribution in [0.3, 0.4) is 0 Å². The zero-order chi connectivity index (χ0) is 21.0. The molecule has 0 aliphatic carbocycles. The molecule has 0 atom stereocenters. The molecule has 31 heavy (non-hydrogen) atoms. The minimum Gasteiger partial charge on any atom is -0.489 e. The minimum absolute atomic E-state index is 0.223. The van der Waals surface area contributed by atoms with Gasteiger partial charge >= 0.3 is 0 Å².